The summed E-state index contributed by atoms with van der Waals surface area (Å²) in [5.41, 5.74) is 1.81. The van der Waals surface area contributed by atoms with Crippen LogP contribution in [-0.2, 0) is 23.0 Å². The number of ether oxygens (including phenoxy) is 1. The number of methoxy groups -OCH3 is 1. The number of esters is 1. The molecule has 0 aliphatic carbocycles. The van der Waals surface area contributed by atoms with E-state index in [9.17, 15) is 4.79 Å². The normalized spacial score (nSPS) is 11.6. The molecule has 1 aromatic heterocycles. The summed E-state index contributed by atoms with van der Waals surface area (Å²) in [4.78, 5) is 11.1. The van der Waals surface area contributed by atoms with Crippen molar-refractivity contribution in [3.8, 4) is 0 Å². The van der Waals surface area contributed by atoms with Crippen LogP contribution in [0.5, 0.6) is 0 Å². The van der Waals surface area contributed by atoms with Gasteiger partial charge in [-0.15, -0.1) is 0 Å². The highest BCUT2D eigenvalue weighted by Crippen LogP contribution is 1.96. The van der Waals surface area contributed by atoms with Gasteiger partial charge < -0.3 is 10.1 Å². The Labute approximate surface area is 101 Å². The highest BCUT2D eigenvalue weighted by Gasteiger charge is 2.01. The van der Waals surface area contributed by atoms with Crippen molar-refractivity contribution in [2.45, 2.75) is 13.3 Å². The third-order valence-electron chi connectivity index (χ3n) is 2.54. The maximum absolute atomic E-state index is 11.1. The summed E-state index contributed by atoms with van der Waals surface area (Å²) in [5, 5.41) is 7.33. The second kappa shape index (κ2) is 6.85. The van der Waals surface area contributed by atoms with E-state index in [1.165, 1.54) is 12.8 Å². The Balaban J connectivity index is 2.21. The quantitative estimate of drug-likeness (QED) is 0.449. The first kappa shape index (κ1) is 13.4. The third kappa shape index (κ3) is 4.40. The SMILES string of the molecule is COC(=O)C(C)=CCNCCc1ccnn1C. The summed E-state index contributed by atoms with van der Waals surface area (Å²) in [5.74, 6) is -0.279. The van der Waals surface area contributed by atoms with E-state index in [2.05, 4.69) is 15.2 Å². The van der Waals surface area contributed by atoms with E-state index in [0.717, 1.165) is 13.0 Å². The van der Waals surface area contributed by atoms with Crippen LogP contribution in [0.1, 0.15) is 12.6 Å². The molecule has 0 aliphatic heterocycles. The Bertz CT molecular complexity index is 396. The van der Waals surface area contributed by atoms with Gasteiger partial charge in [0.15, 0.2) is 0 Å². The number of nitrogens with zero attached hydrogens (tertiary/aromatic N) is 2. The maximum Gasteiger partial charge on any atom is 0.333 e. The van der Waals surface area contributed by atoms with E-state index in [1.54, 1.807) is 13.1 Å². The first-order valence-corrected chi connectivity index (χ1v) is 5.58. The number of carbonyl (C=O) groups excluding carboxylic acids is 1. The molecule has 1 heterocycles. The van der Waals surface area contributed by atoms with Crippen LogP contribution >= 0.6 is 0 Å². The first-order chi connectivity index (χ1) is 8.15. The van der Waals surface area contributed by atoms with E-state index in [-0.39, 0.29) is 5.97 Å². The van der Waals surface area contributed by atoms with Gasteiger partial charge in [0.2, 0.25) is 0 Å². The first-order valence-electron chi connectivity index (χ1n) is 5.58. The fourth-order valence-electron chi connectivity index (χ4n) is 1.43. The molecule has 0 aromatic carbocycles. The number of hydrogen-bond donors (Lipinski definition) is 1. The van der Waals surface area contributed by atoms with Crippen molar-refractivity contribution in [3.63, 3.8) is 0 Å². The number of nitrogens with one attached hydrogen (secondary N) is 1. The van der Waals surface area contributed by atoms with Gasteiger partial charge in [-0.05, 0) is 13.0 Å². The molecule has 0 saturated heterocycles. The van der Waals surface area contributed by atoms with Gasteiger partial charge in [0.25, 0.3) is 0 Å². The van der Waals surface area contributed by atoms with Gasteiger partial charge in [-0.3, -0.25) is 4.68 Å². The zero-order chi connectivity index (χ0) is 12.7. The minimum absolute atomic E-state index is 0.279. The van der Waals surface area contributed by atoms with Crippen LogP contribution in [0.15, 0.2) is 23.9 Å². The molecule has 0 radical (unpaired) electrons. The lowest BCUT2D eigenvalue weighted by atomic mass is 10.3. The molecular formula is C12H19N3O2. The molecule has 0 atom stereocenters. The van der Waals surface area contributed by atoms with Gasteiger partial charge in [0.1, 0.15) is 0 Å². The fraction of sp³-hybridized carbons (Fsp3) is 0.500. The Morgan fingerprint density at radius 2 is 2.41 bits per heavy atom. The van der Waals surface area contributed by atoms with Crippen molar-refractivity contribution in [2.24, 2.45) is 7.05 Å². The Kier molecular flexibility index (Phi) is 5.42. The van der Waals surface area contributed by atoms with E-state index >= 15 is 0 Å². The number of aryl methyl sites for hydroxylation is 1. The summed E-state index contributed by atoms with van der Waals surface area (Å²) in [6, 6.07) is 2.00. The molecule has 0 unspecified atom stereocenters. The monoisotopic (exact) mass is 237 g/mol. The van der Waals surface area contributed by atoms with Gasteiger partial charge in [-0.25, -0.2) is 4.79 Å². The predicted octanol–water partition coefficient (Wildman–Crippen LogP) is 0.671. The molecule has 1 rings (SSSR count). The summed E-state index contributed by atoms with van der Waals surface area (Å²) >= 11 is 0. The number of carbonyl (C=O) groups is 1. The largest absolute Gasteiger partial charge is 0.466 e. The lowest BCUT2D eigenvalue weighted by Gasteiger charge is -2.03. The zero-order valence-electron chi connectivity index (χ0n) is 10.6. The van der Waals surface area contributed by atoms with Crippen LogP contribution in [0.3, 0.4) is 0 Å². The number of hydrogen-bond acceptors (Lipinski definition) is 4. The van der Waals surface area contributed by atoms with Crippen LogP contribution in [0.4, 0.5) is 0 Å². The minimum Gasteiger partial charge on any atom is -0.466 e. The summed E-state index contributed by atoms with van der Waals surface area (Å²) in [6.07, 6.45) is 4.54. The maximum atomic E-state index is 11.1. The molecule has 0 aliphatic rings. The fourth-order valence-corrected chi connectivity index (χ4v) is 1.43. The Morgan fingerprint density at radius 3 is 3.00 bits per heavy atom. The smallest absolute Gasteiger partial charge is 0.333 e. The van der Waals surface area contributed by atoms with Crippen LogP contribution in [-0.4, -0.2) is 35.9 Å². The lowest BCUT2D eigenvalue weighted by molar-refractivity contribution is -0.136. The van der Waals surface area contributed by atoms with Gasteiger partial charge >= 0.3 is 5.97 Å². The number of rotatable bonds is 6. The summed E-state index contributed by atoms with van der Waals surface area (Å²) < 4.78 is 6.46. The Hall–Kier alpha value is -1.62. The summed E-state index contributed by atoms with van der Waals surface area (Å²) in [7, 11) is 3.31. The molecule has 0 saturated carbocycles. The molecule has 5 heteroatoms. The van der Waals surface area contributed by atoms with Crippen molar-refractivity contribution >= 4 is 5.97 Å². The second-order valence-corrected chi connectivity index (χ2v) is 3.78. The molecule has 0 amide bonds. The van der Waals surface area contributed by atoms with Crippen molar-refractivity contribution in [1.82, 2.24) is 15.1 Å². The molecule has 0 bridgehead atoms. The molecular weight excluding hydrogens is 218 g/mol. The molecule has 1 N–H and O–H groups in total. The van der Waals surface area contributed by atoms with Crippen LogP contribution in [0.25, 0.3) is 0 Å². The standard InChI is InChI=1S/C12H19N3O2/c1-10(12(16)17-3)4-7-13-8-5-11-6-9-14-15(11)2/h4,6,9,13H,5,7-8H2,1-3H3. The zero-order valence-corrected chi connectivity index (χ0v) is 10.6. The van der Waals surface area contributed by atoms with E-state index in [1.807, 2.05) is 23.9 Å². The topological polar surface area (TPSA) is 56.1 Å². The molecule has 1 aromatic rings. The second-order valence-electron chi connectivity index (χ2n) is 3.78. The average molecular weight is 237 g/mol. The van der Waals surface area contributed by atoms with Crippen LogP contribution in [0.2, 0.25) is 0 Å². The molecule has 0 fully saturated rings. The predicted molar refractivity (Wildman–Crippen MR) is 65.6 cm³/mol. The van der Waals surface area contributed by atoms with E-state index in [0.29, 0.717) is 12.1 Å². The van der Waals surface area contributed by atoms with Crippen molar-refractivity contribution in [2.75, 3.05) is 20.2 Å². The highest BCUT2D eigenvalue weighted by molar-refractivity contribution is 5.87. The van der Waals surface area contributed by atoms with Crippen molar-refractivity contribution in [3.05, 3.63) is 29.6 Å². The molecule has 5 nitrogen and oxygen atoms in total. The minimum atomic E-state index is -0.279. The molecule has 17 heavy (non-hydrogen) atoms. The van der Waals surface area contributed by atoms with E-state index in [4.69, 9.17) is 0 Å². The van der Waals surface area contributed by atoms with Gasteiger partial charge in [0, 0.05) is 44.0 Å². The van der Waals surface area contributed by atoms with Gasteiger partial charge in [-0.1, -0.05) is 6.08 Å². The van der Waals surface area contributed by atoms with Gasteiger partial charge in [-0.2, -0.15) is 5.10 Å². The van der Waals surface area contributed by atoms with Crippen molar-refractivity contribution in [1.29, 1.82) is 0 Å². The van der Waals surface area contributed by atoms with E-state index < -0.39 is 0 Å². The van der Waals surface area contributed by atoms with Crippen LogP contribution in [0, 0.1) is 0 Å². The average Bonchev–Trinajstić information content (AvgIpc) is 2.73. The lowest BCUT2D eigenvalue weighted by Crippen LogP contribution is -2.19. The van der Waals surface area contributed by atoms with Crippen molar-refractivity contribution < 1.29 is 9.53 Å². The molecule has 0 spiro atoms. The Morgan fingerprint density at radius 1 is 1.65 bits per heavy atom. The molecule has 94 valence electrons. The third-order valence-corrected chi connectivity index (χ3v) is 2.54. The van der Waals surface area contributed by atoms with Crippen LogP contribution < -0.4 is 5.32 Å². The van der Waals surface area contributed by atoms with Gasteiger partial charge in [0.05, 0.1) is 7.11 Å². The number of aromatic nitrogens is 2. The highest BCUT2D eigenvalue weighted by atomic mass is 16.5. The summed E-state index contributed by atoms with van der Waals surface area (Å²) in [6.45, 7) is 3.26.